The van der Waals surface area contributed by atoms with Gasteiger partial charge in [0, 0.05) is 13.2 Å². The van der Waals surface area contributed by atoms with E-state index in [4.69, 9.17) is 5.14 Å². The predicted octanol–water partition coefficient (Wildman–Crippen LogP) is 1.42. The molecule has 7 nitrogen and oxygen atoms in total. The van der Waals surface area contributed by atoms with E-state index in [2.05, 4.69) is 10.1 Å². The molecule has 3 aromatic rings. The fraction of sp³-hybridized carbons (Fsp3) is 0.286. The van der Waals surface area contributed by atoms with Crippen molar-refractivity contribution in [2.75, 3.05) is 0 Å². The number of sulfonamides is 1. The van der Waals surface area contributed by atoms with Crippen molar-refractivity contribution in [1.29, 1.82) is 0 Å². The molecule has 0 amide bonds. The number of benzene rings is 1. The number of nitrogens with zero attached hydrogens (tertiary/aromatic N) is 4. The molecule has 0 unspecified atom stereocenters. The van der Waals surface area contributed by atoms with Gasteiger partial charge in [0.05, 0.1) is 22.0 Å². The molecular formula is C14H15N5O2S. The second-order valence-electron chi connectivity index (χ2n) is 5.58. The predicted molar refractivity (Wildman–Crippen MR) is 81.6 cm³/mol. The van der Waals surface area contributed by atoms with Gasteiger partial charge in [0.15, 0.2) is 5.82 Å². The molecule has 1 aliphatic rings. The Morgan fingerprint density at radius 2 is 2.05 bits per heavy atom. The summed E-state index contributed by atoms with van der Waals surface area (Å²) in [6.07, 6.45) is 4.03. The van der Waals surface area contributed by atoms with Crippen LogP contribution in [0.4, 0.5) is 0 Å². The van der Waals surface area contributed by atoms with Crippen molar-refractivity contribution in [2.24, 2.45) is 12.2 Å². The summed E-state index contributed by atoms with van der Waals surface area (Å²) in [6, 6.07) is 7.11. The molecule has 0 spiro atoms. The van der Waals surface area contributed by atoms with Gasteiger partial charge in [-0.3, -0.25) is 4.68 Å². The van der Waals surface area contributed by atoms with Gasteiger partial charge in [0.1, 0.15) is 5.69 Å². The first-order chi connectivity index (χ1) is 10.4. The number of nitrogens with two attached hydrogens (primary N) is 1. The highest BCUT2D eigenvalue weighted by Crippen LogP contribution is 2.37. The molecule has 0 aliphatic heterocycles. The van der Waals surface area contributed by atoms with Crippen LogP contribution >= 0.6 is 0 Å². The van der Waals surface area contributed by atoms with Gasteiger partial charge in [-0.2, -0.15) is 5.10 Å². The lowest BCUT2D eigenvalue weighted by atomic mass is 10.3. The fourth-order valence-electron chi connectivity index (χ4n) is 2.69. The van der Waals surface area contributed by atoms with Crippen LogP contribution in [-0.4, -0.2) is 27.7 Å². The van der Waals surface area contributed by atoms with E-state index in [-0.39, 0.29) is 4.90 Å². The average molecular weight is 317 g/mol. The number of fused-ring (bicyclic) bond motifs is 1. The molecule has 0 radical (unpaired) electrons. The first kappa shape index (κ1) is 13.5. The van der Waals surface area contributed by atoms with Crippen LogP contribution < -0.4 is 5.14 Å². The minimum Gasteiger partial charge on any atom is -0.326 e. The van der Waals surface area contributed by atoms with Crippen LogP contribution in [0, 0.1) is 0 Å². The lowest BCUT2D eigenvalue weighted by Crippen LogP contribution is -2.11. The van der Waals surface area contributed by atoms with Gasteiger partial charge in [-0.25, -0.2) is 18.5 Å². The van der Waals surface area contributed by atoms with E-state index in [1.807, 2.05) is 22.4 Å². The summed E-state index contributed by atoms with van der Waals surface area (Å²) >= 11 is 0. The Kier molecular flexibility index (Phi) is 2.70. The molecule has 114 valence electrons. The van der Waals surface area contributed by atoms with Crippen LogP contribution in [-0.2, 0) is 17.1 Å². The first-order valence-electron chi connectivity index (χ1n) is 6.98. The molecule has 22 heavy (non-hydrogen) atoms. The van der Waals surface area contributed by atoms with Crippen molar-refractivity contribution in [3.05, 3.63) is 30.5 Å². The summed E-state index contributed by atoms with van der Waals surface area (Å²) in [5, 5.41) is 9.55. The summed E-state index contributed by atoms with van der Waals surface area (Å²) < 4.78 is 26.9. The molecule has 0 saturated heterocycles. The zero-order valence-corrected chi connectivity index (χ0v) is 12.8. The smallest absolute Gasteiger partial charge is 0.238 e. The minimum atomic E-state index is -3.73. The van der Waals surface area contributed by atoms with Crippen LogP contribution in [0.3, 0.4) is 0 Å². The molecule has 2 aromatic heterocycles. The number of imidazole rings is 1. The lowest BCUT2D eigenvalue weighted by Gasteiger charge is -2.05. The lowest BCUT2D eigenvalue weighted by molar-refractivity contribution is 0.598. The molecule has 8 heteroatoms. The van der Waals surface area contributed by atoms with Crippen molar-refractivity contribution >= 4 is 21.1 Å². The Morgan fingerprint density at radius 1 is 1.27 bits per heavy atom. The van der Waals surface area contributed by atoms with Crippen LogP contribution in [0.1, 0.15) is 18.9 Å². The van der Waals surface area contributed by atoms with Crippen LogP contribution in [0.2, 0.25) is 0 Å². The summed E-state index contributed by atoms with van der Waals surface area (Å²) in [6.45, 7) is 0. The van der Waals surface area contributed by atoms with Crippen molar-refractivity contribution < 1.29 is 8.42 Å². The van der Waals surface area contributed by atoms with Gasteiger partial charge >= 0.3 is 0 Å². The summed E-state index contributed by atoms with van der Waals surface area (Å²) in [5.74, 6) is 0.769. The van der Waals surface area contributed by atoms with Crippen LogP contribution in [0.25, 0.3) is 22.6 Å². The van der Waals surface area contributed by atoms with Gasteiger partial charge in [0.2, 0.25) is 10.0 Å². The largest absolute Gasteiger partial charge is 0.326 e. The van der Waals surface area contributed by atoms with E-state index in [1.165, 1.54) is 12.1 Å². The van der Waals surface area contributed by atoms with Gasteiger partial charge in [0.25, 0.3) is 0 Å². The molecule has 1 saturated carbocycles. The third-order valence-electron chi connectivity index (χ3n) is 3.97. The molecule has 1 fully saturated rings. The Labute approximate surface area is 127 Å². The molecule has 2 N–H and O–H groups in total. The maximum Gasteiger partial charge on any atom is 0.238 e. The van der Waals surface area contributed by atoms with E-state index in [9.17, 15) is 8.42 Å². The molecule has 0 bridgehead atoms. The number of hydrogen-bond donors (Lipinski definition) is 1. The second kappa shape index (κ2) is 4.40. The minimum absolute atomic E-state index is 0.0698. The van der Waals surface area contributed by atoms with Crippen molar-refractivity contribution in [2.45, 2.75) is 23.8 Å². The number of aromatic nitrogens is 4. The van der Waals surface area contributed by atoms with Gasteiger partial charge in [-0.15, -0.1) is 0 Å². The molecule has 0 atom stereocenters. The molecule has 1 aliphatic carbocycles. The van der Waals surface area contributed by atoms with Gasteiger partial charge < -0.3 is 4.57 Å². The van der Waals surface area contributed by atoms with Crippen molar-refractivity contribution in [1.82, 2.24) is 19.3 Å². The zero-order chi connectivity index (χ0) is 15.5. The number of primary sulfonamides is 1. The normalized spacial score (nSPS) is 15.5. The van der Waals surface area contributed by atoms with Gasteiger partial charge in [-0.1, -0.05) is 0 Å². The number of hydrogen-bond acceptors (Lipinski definition) is 4. The van der Waals surface area contributed by atoms with Gasteiger partial charge in [-0.05, 0) is 37.1 Å². The Hall–Kier alpha value is -2.19. The summed E-state index contributed by atoms with van der Waals surface area (Å²) in [5.41, 5.74) is 2.40. The van der Waals surface area contributed by atoms with Crippen LogP contribution in [0.15, 0.2) is 35.4 Å². The monoisotopic (exact) mass is 317 g/mol. The molecular weight excluding hydrogens is 302 g/mol. The average Bonchev–Trinajstić information content (AvgIpc) is 3.11. The van der Waals surface area contributed by atoms with E-state index >= 15 is 0 Å². The molecule has 2 heterocycles. The third-order valence-corrected chi connectivity index (χ3v) is 4.88. The standard InChI is InChI=1S/C14H15N5O2S/c1-18-12-5-4-10(22(15,20)21)8-11(12)17-14(18)13-6-7-16-19(13)9-2-3-9/h4-9H,2-3H2,1H3,(H2,15,20,21). The highest BCUT2D eigenvalue weighted by atomic mass is 32.2. The van der Waals surface area contributed by atoms with Crippen molar-refractivity contribution in [3.63, 3.8) is 0 Å². The molecule has 4 rings (SSSR count). The zero-order valence-electron chi connectivity index (χ0n) is 12.0. The fourth-order valence-corrected chi connectivity index (χ4v) is 3.22. The molecule has 1 aromatic carbocycles. The van der Waals surface area contributed by atoms with Crippen LogP contribution in [0.5, 0.6) is 0 Å². The number of aryl methyl sites for hydroxylation is 1. The Morgan fingerprint density at radius 3 is 2.73 bits per heavy atom. The second-order valence-corrected chi connectivity index (χ2v) is 7.14. The van der Waals surface area contributed by atoms with E-state index in [1.54, 1.807) is 12.3 Å². The van der Waals surface area contributed by atoms with E-state index in [0.717, 1.165) is 29.9 Å². The first-order valence-corrected chi connectivity index (χ1v) is 8.53. The quantitative estimate of drug-likeness (QED) is 0.790. The summed E-state index contributed by atoms with van der Waals surface area (Å²) in [7, 11) is -1.82. The highest BCUT2D eigenvalue weighted by molar-refractivity contribution is 7.89. The highest BCUT2D eigenvalue weighted by Gasteiger charge is 2.28. The SMILES string of the molecule is Cn1c(-c2ccnn2C2CC2)nc2cc(S(N)(=O)=O)ccc21. The van der Waals surface area contributed by atoms with E-state index < -0.39 is 10.0 Å². The maximum atomic E-state index is 11.5. The van der Waals surface area contributed by atoms with Crippen molar-refractivity contribution in [3.8, 4) is 11.5 Å². The number of rotatable bonds is 3. The maximum absolute atomic E-state index is 11.5. The topological polar surface area (TPSA) is 95.8 Å². The Bertz CT molecular complexity index is 982. The summed E-state index contributed by atoms with van der Waals surface area (Å²) in [4.78, 5) is 4.65. The third kappa shape index (κ3) is 2.03. The Balaban J connectivity index is 1.92. The van der Waals surface area contributed by atoms with E-state index in [0.29, 0.717) is 11.6 Å².